The summed E-state index contributed by atoms with van der Waals surface area (Å²) in [6.07, 6.45) is 5.48. The van der Waals surface area contributed by atoms with Gasteiger partial charge in [0, 0.05) is 51.5 Å². The molecule has 6 nitrogen and oxygen atoms in total. The van der Waals surface area contributed by atoms with Gasteiger partial charge >= 0.3 is 0 Å². The number of piperazine rings is 1. The van der Waals surface area contributed by atoms with Gasteiger partial charge in [-0.15, -0.1) is 0 Å². The number of aryl methyl sites for hydroxylation is 1. The molecule has 1 N–H and O–H groups in total. The van der Waals surface area contributed by atoms with Crippen LogP contribution in [0.1, 0.15) is 33.9 Å². The molecule has 0 spiro atoms. The fourth-order valence-corrected chi connectivity index (χ4v) is 4.73. The van der Waals surface area contributed by atoms with Gasteiger partial charge in [-0.25, -0.2) is 4.98 Å². The average Bonchev–Trinajstić information content (AvgIpc) is 3.17. The highest BCUT2D eigenvalue weighted by Crippen LogP contribution is 2.25. The maximum Gasteiger partial charge on any atom is 0.274 e. The summed E-state index contributed by atoms with van der Waals surface area (Å²) in [4.78, 5) is 22.0. The van der Waals surface area contributed by atoms with E-state index in [0.29, 0.717) is 11.7 Å². The molecule has 0 unspecified atom stereocenters. The zero-order chi connectivity index (χ0) is 18.2. The van der Waals surface area contributed by atoms with Gasteiger partial charge in [-0.3, -0.25) is 9.69 Å². The fraction of sp³-hybridized carbons (Fsp3) is 0.524. The molecule has 1 fully saturated rings. The summed E-state index contributed by atoms with van der Waals surface area (Å²) in [5.74, 6) is 1.06. The molecule has 6 heteroatoms. The number of hydrogen-bond acceptors (Lipinski definition) is 4. The smallest absolute Gasteiger partial charge is 0.274 e. The van der Waals surface area contributed by atoms with E-state index in [0.717, 1.165) is 58.1 Å². The van der Waals surface area contributed by atoms with Gasteiger partial charge in [0.1, 0.15) is 11.5 Å². The van der Waals surface area contributed by atoms with Crippen LogP contribution in [0.15, 0.2) is 30.5 Å². The first-order valence-electron chi connectivity index (χ1n) is 10.1. The van der Waals surface area contributed by atoms with Gasteiger partial charge in [-0.2, -0.15) is 0 Å². The highest BCUT2D eigenvalue weighted by molar-refractivity contribution is 5.92. The summed E-state index contributed by atoms with van der Waals surface area (Å²) >= 11 is 0. The van der Waals surface area contributed by atoms with Gasteiger partial charge < -0.3 is 14.8 Å². The Morgan fingerprint density at radius 3 is 2.70 bits per heavy atom. The first kappa shape index (κ1) is 17.0. The molecule has 0 bridgehead atoms. The Balaban J connectivity index is 1.20. The largest absolute Gasteiger partial charge is 0.335 e. The zero-order valence-corrected chi connectivity index (χ0v) is 15.7. The van der Waals surface area contributed by atoms with E-state index in [1.807, 2.05) is 11.1 Å². The molecule has 1 amide bonds. The molecule has 3 aliphatic rings. The number of benzene rings is 1. The van der Waals surface area contributed by atoms with Gasteiger partial charge in [-0.1, -0.05) is 24.3 Å². The van der Waals surface area contributed by atoms with Crippen LogP contribution in [0.3, 0.4) is 0 Å². The standard InChI is InChI=1S/C21H27N5O/c27-21(19-15-26-8-7-22-14-20(26)23-19)25-11-9-24(10-12-25)18-6-5-16-3-1-2-4-17(16)13-18/h1-4,15,18,22H,5-14H2/t18-/m0/s1. The number of carbonyl (C=O) groups excluding carboxylic acids is 1. The molecule has 2 aliphatic heterocycles. The van der Waals surface area contributed by atoms with E-state index in [9.17, 15) is 4.79 Å². The minimum absolute atomic E-state index is 0.0885. The Kier molecular flexibility index (Phi) is 4.45. The molecular weight excluding hydrogens is 338 g/mol. The molecular formula is C21H27N5O. The number of aromatic nitrogens is 2. The maximum absolute atomic E-state index is 12.9. The molecule has 3 heterocycles. The van der Waals surface area contributed by atoms with Crippen molar-refractivity contribution in [3.05, 3.63) is 53.1 Å². The minimum Gasteiger partial charge on any atom is -0.335 e. The second-order valence-electron chi connectivity index (χ2n) is 7.91. The van der Waals surface area contributed by atoms with Crippen LogP contribution >= 0.6 is 0 Å². The first-order valence-corrected chi connectivity index (χ1v) is 10.1. The Morgan fingerprint density at radius 1 is 1.07 bits per heavy atom. The number of rotatable bonds is 2. The van der Waals surface area contributed by atoms with Crippen molar-refractivity contribution in [2.75, 3.05) is 32.7 Å². The molecule has 1 saturated heterocycles. The van der Waals surface area contributed by atoms with Crippen LogP contribution < -0.4 is 5.32 Å². The van der Waals surface area contributed by atoms with Crippen LogP contribution in [0.25, 0.3) is 0 Å². The second-order valence-corrected chi connectivity index (χ2v) is 7.91. The van der Waals surface area contributed by atoms with Crippen molar-refractivity contribution < 1.29 is 4.79 Å². The number of fused-ring (bicyclic) bond motifs is 2. The van der Waals surface area contributed by atoms with Crippen molar-refractivity contribution in [1.29, 1.82) is 0 Å². The van der Waals surface area contributed by atoms with Crippen LogP contribution in [-0.4, -0.2) is 64.0 Å². The monoisotopic (exact) mass is 365 g/mol. The Hall–Kier alpha value is -2.18. The Bertz CT molecular complexity index is 813. The molecule has 1 aliphatic carbocycles. The van der Waals surface area contributed by atoms with Crippen molar-refractivity contribution in [2.45, 2.75) is 38.4 Å². The number of nitrogens with zero attached hydrogens (tertiary/aromatic N) is 4. The van der Waals surface area contributed by atoms with Crippen molar-refractivity contribution in [1.82, 2.24) is 24.7 Å². The quantitative estimate of drug-likeness (QED) is 0.872. The lowest BCUT2D eigenvalue weighted by Crippen LogP contribution is -2.53. The van der Waals surface area contributed by atoms with Crippen LogP contribution in [0.4, 0.5) is 0 Å². The predicted octanol–water partition coefficient (Wildman–Crippen LogP) is 1.30. The average molecular weight is 365 g/mol. The third kappa shape index (κ3) is 3.28. The molecule has 2 aromatic rings. The summed E-state index contributed by atoms with van der Waals surface area (Å²) in [7, 11) is 0. The van der Waals surface area contributed by atoms with Crippen LogP contribution in [0.5, 0.6) is 0 Å². The van der Waals surface area contributed by atoms with Crippen molar-refractivity contribution >= 4 is 5.91 Å². The molecule has 1 aromatic carbocycles. The summed E-state index contributed by atoms with van der Waals surface area (Å²) in [5, 5.41) is 3.31. The molecule has 5 rings (SSSR count). The summed E-state index contributed by atoms with van der Waals surface area (Å²) in [6, 6.07) is 9.45. The molecule has 142 valence electrons. The van der Waals surface area contributed by atoms with Gasteiger partial charge in [-0.05, 0) is 30.4 Å². The number of nitrogens with one attached hydrogen (secondary N) is 1. The van der Waals surface area contributed by atoms with E-state index >= 15 is 0 Å². The van der Waals surface area contributed by atoms with Crippen molar-refractivity contribution in [3.8, 4) is 0 Å². The minimum atomic E-state index is 0.0885. The number of amides is 1. The van der Waals surface area contributed by atoms with Crippen molar-refractivity contribution in [3.63, 3.8) is 0 Å². The molecule has 1 aromatic heterocycles. The van der Waals surface area contributed by atoms with E-state index < -0.39 is 0 Å². The van der Waals surface area contributed by atoms with Crippen LogP contribution in [0.2, 0.25) is 0 Å². The molecule has 0 saturated carbocycles. The highest BCUT2D eigenvalue weighted by atomic mass is 16.2. The number of carbonyl (C=O) groups is 1. The lowest BCUT2D eigenvalue weighted by atomic mass is 9.87. The first-order chi connectivity index (χ1) is 13.3. The fourth-order valence-electron chi connectivity index (χ4n) is 4.73. The lowest BCUT2D eigenvalue weighted by Gasteiger charge is -2.41. The lowest BCUT2D eigenvalue weighted by molar-refractivity contribution is 0.0548. The third-order valence-corrected chi connectivity index (χ3v) is 6.33. The summed E-state index contributed by atoms with van der Waals surface area (Å²) in [6.45, 7) is 6.13. The van der Waals surface area contributed by atoms with E-state index in [2.05, 4.69) is 44.0 Å². The van der Waals surface area contributed by atoms with E-state index in [4.69, 9.17) is 0 Å². The van der Waals surface area contributed by atoms with Gasteiger partial charge in [0.25, 0.3) is 5.91 Å². The van der Waals surface area contributed by atoms with Crippen LogP contribution in [0, 0.1) is 0 Å². The SMILES string of the molecule is O=C(c1cn2c(n1)CNCC2)N1CCN([C@H]2CCc3ccccc3C2)CC1. The molecule has 27 heavy (non-hydrogen) atoms. The third-order valence-electron chi connectivity index (χ3n) is 6.33. The van der Waals surface area contributed by atoms with Gasteiger partial charge in [0.15, 0.2) is 0 Å². The van der Waals surface area contributed by atoms with E-state index in [1.165, 1.54) is 24.0 Å². The van der Waals surface area contributed by atoms with E-state index in [-0.39, 0.29) is 5.91 Å². The predicted molar refractivity (Wildman–Crippen MR) is 104 cm³/mol. The van der Waals surface area contributed by atoms with Crippen LogP contribution in [-0.2, 0) is 25.9 Å². The van der Waals surface area contributed by atoms with Gasteiger partial charge in [0.2, 0.25) is 0 Å². The molecule has 1 atom stereocenters. The number of hydrogen-bond donors (Lipinski definition) is 1. The normalized spacial score (nSPS) is 23.0. The zero-order valence-electron chi connectivity index (χ0n) is 15.7. The second kappa shape index (κ2) is 7.09. The van der Waals surface area contributed by atoms with E-state index in [1.54, 1.807) is 0 Å². The molecule has 0 radical (unpaired) electrons. The summed E-state index contributed by atoms with van der Waals surface area (Å²) in [5.41, 5.74) is 3.62. The topological polar surface area (TPSA) is 53.4 Å². The Morgan fingerprint density at radius 2 is 1.89 bits per heavy atom. The number of imidazole rings is 1. The summed E-state index contributed by atoms with van der Waals surface area (Å²) < 4.78 is 2.11. The highest BCUT2D eigenvalue weighted by Gasteiger charge is 2.30. The maximum atomic E-state index is 12.9. The van der Waals surface area contributed by atoms with Gasteiger partial charge in [0.05, 0.1) is 6.54 Å². The Labute approximate surface area is 160 Å². The van der Waals surface area contributed by atoms with Crippen molar-refractivity contribution in [2.24, 2.45) is 0 Å².